The summed E-state index contributed by atoms with van der Waals surface area (Å²) >= 11 is 0. The zero-order valence-corrected chi connectivity index (χ0v) is 9.65. The summed E-state index contributed by atoms with van der Waals surface area (Å²) in [5.74, 6) is 0. The molecule has 2 heterocycles. The first-order chi connectivity index (χ1) is 8.83. The van der Waals surface area contributed by atoms with Crippen LogP contribution in [0.2, 0.25) is 0 Å². The van der Waals surface area contributed by atoms with Crippen molar-refractivity contribution in [2.75, 3.05) is 0 Å². The number of rotatable bonds is 2. The zero-order valence-electron chi connectivity index (χ0n) is 9.65. The summed E-state index contributed by atoms with van der Waals surface area (Å²) in [6, 6.07) is 13.3. The van der Waals surface area contributed by atoms with Gasteiger partial charge < -0.3 is 0 Å². The van der Waals surface area contributed by atoms with E-state index in [9.17, 15) is 4.79 Å². The van der Waals surface area contributed by atoms with Crippen LogP contribution in [-0.4, -0.2) is 14.5 Å². The second-order valence-corrected chi connectivity index (χ2v) is 4.04. The van der Waals surface area contributed by atoms with Crippen LogP contribution in [0.15, 0.2) is 59.8 Å². The largest absolute Gasteiger partial charge is 0.293 e. The van der Waals surface area contributed by atoms with Crippen molar-refractivity contribution in [2.45, 2.75) is 6.54 Å². The fourth-order valence-electron chi connectivity index (χ4n) is 1.87. The third-order valence-electron chi connectivity index (χ3n) is 2.78. The SMILES string of the molecule is O=c1ccncn1Cc1ccc2ccccc2n1. The molecule has 0 N–H and O–H groups in total. The van der Waals surface area contributed by atoms with E-state index in [0.717, 1.165) is 16.6 Å². The van der Waals surface area contributed by atoms with Crippen LogP contribution in [0.5, 0.6) is 0 Å². The van der Waals surface area contributed by atoms with Crippen molar-refractivity contribution in [1.82, 2.24) is 14.5 Å². The molecule has 2 aromatic heterocycles. The summed E-state index contributed by atoms with van der Waals surface area (Å²) in [4.78, 5) is 20.0. The Labute approximate surface area is 104 Å². The number of aromatic nitrogens is 3. The highest BCUT2D eigenvalue weighted by atomic mass is 16.1. The smallest absolute Gasteiger partial charge is 0.253 e. The first-order valence-electron chi connectivity index (χ1n) is 5.68. The summed E-state index contributed by atoms with van der Waals surface area (Å²) in [7, 11) is 0. The van der Waals surface area contributed by atoms with Gasteiger partial charge in [-0.1, -0.05) is 24.3 Å². The quantitative estimate of drug-likeness (QED) is 0.683. The van der Waals surface area contributed by atoms with Gasteiger partial charge in [0.1, 0.15) is 0 Å². The highest BCUT2D eigenvalue weighted by molar-refractivity contribution is 5.78. The molecule has 3 rings (SSSR count). The van der Waals surface area contributed by atoms with Crippen molar-refractivity contribution in [3.8, 4) is 0 Å². The molecule has 0 unspecified atom stereocenters. The Morgan fingerprint density at radius 2 is 1.94 bits per heavy atom. The van der Waals surface area contributed by atoms with Gasteiger partial charge >= 0.3 is 0 Å². The summed E-state index contributed by atoms with van der Waals surface area (Å²) in [5, 5.41) is 1.10. The lowest BCUT2D eigenvalue weighted by molar-refractivity contribution is 0.721. The Hall–Kier alpha value is -2.49. The van der Waals surface area contributed by atoms with Crippen molar-refractivity contribution in [2.24, 2.45) is 0 Å². The monoisotopic (exact) mass is 237 g/mol. The van der Waals surface area contributed by atoms with E-state index in [1.54, 1.807) is 0 Å². The van der Waals surface area contributed by atoms with E-state index < -0.39 is 0 Å². The molecule has 0 aliphatic rings. The second-order valence-electron chi connectivity index (χ2n) is 4.04. The van der Waals surface area contributed by atoms with E-state index in [1.165, 1.54) is 23.2 Å². The third-order valence-corrected chi connectivity index (χ3v) is 2.78. The molecule has 0 radical (unpaired) electrons. The number of fused-ring (bicyclic) bond motifs is 1. The van der Waals surface area contributed by atoms with E-state index in [4.69, 9.17) is 0 Å². The van der Waals surface area contributed by atoms with Gasteiger partial charge in [0.25, 0.3) is 5.56 Å². The molecule has 0 atom stereocenters. The van der Waals surface area contributed by atoms with Crippen LogP contribution < -0.4 is 5.56 Å². The third kappa shape index (κ3) is 2.00. The molecular formula is C14H11N3O. The van der Waals surface area contributed by atoms with Crippen molar-refractivity contribution in [1.29, 1.82) is 0 Å². The van der Waals surface area contributed by atoms with Gasteiger partial charge in [0.15, 0.2) is 0 Å². The normalized spacial score (nSPS) is 10.7. The molecule has 0 amide bonds. The molecule has 0 spiro atoms. The lowest BCUT2D eigenvalue weighted by Crippen LogP contribution is -2.19. The zero-order chi connectivity index (χ0) is 12.4. The van der Waals surface area contributed by atoms with Gasteiger partial charge in [0.05, 0.1) is 24.1 Å². The summed E-state index contributed by atoms with van der Waals surface area (Å²) < 4.78 is 1.54. The Morgan fingerprint density at radius 3 is 2.83 bits per heavy atom. The molecule has 1 aromatic carbocycles. The number of benzene rings is 1. The maximum absolute atomic E-state index is 11.6. The molecule has 0 aliphatic carbocycles. The van der Waals surface area contributed by atoms with Gasteiger partial charge in [-0.2, -0.15) is 0 Å². The number of hydrogen-bond acceptors (Lipinski definition) is 3. The van der Waals surface area contributed by atoms with Crippen LogP contribution in [0.3, 0.4) is 0 Å². The summed E-state index contributed by atoms with van der Waals surface area (Å²) in [5.41, 5.74) is 1.72. The molecule has 18 heavy (non-hydrogen) atoms. The fraction of sp³-hybridized carbons (Fsp3) is 0.0714. The van der Waals surface area contributed by atoms with Crippen LogP contribution >= 0.6 is 0 Å². The maximum Gasteiger partial charge on any atom is 0.253 e. The van der Waals surface area contributed by atoms with E-state index in [1.807, 2.05) is 36.4 Å². The predicted molar refractivity (Wildman–Crippen MR) is 69.3 cm³/mol. The van der Waals surface area contributed by atoms with Gasteiger partial charge in [-0.05, 0) is 12.1 Å². The van der Waals surface area contributed by atoms with Gasteiger partial charge in [-0.25, -0.2) is 4.98 Å². The van der Waals surface area contributed by atoms with Crippen LogP contribution in [0, 0.1) is 0 Å². The average Bonchev–Trinajstić information content (AvgIpc) is 2.41. The lowest BCUT2D eigenvalue weighted by Gasteiger charge is -2.05. The van der Waals surface area contributed by atoms with Crippen LogP contribution in [0.25, 0.3) is 10.9 Å². The van der Waals surface area contributed by atoms with Crippen molar-refractivity contribution in [3.05, 3.63) is 71.0 Å². The van der Waals surface area contributed by atoms with Crippen LogP contribution in [-0.2, 0) is 6.54 Å². The minimum Gasteiger partial charge on any atom is -0.293 e. The molecule has 0 saturated heterocycles. The van der Waals surface area contributed by atoms with Crippen LogP contribution in [0.4, 0.5) is 0 Å². The first-order valence-corrected chi connectivity index (χ1v) is 5.68. The van der Waals surface area contributed by atoms with Gasteiger partial charge in [0.2, 0.25) is 0 Å². The van der Waals surface area contributed by atoms with Gasteiger partial charge in [-0.3, -0.25) is 14.3 Å². The predicted octanol–water partition coefficient (Wildman–Crippen LogP) is 1.84. The molecule has 0 fully saturated rings. The molecule has 88 valence electrons. The number of nitrogens with zero attached hydrogens (tertiary/aromatic N) is 3. The number of hydrogen-bond donors (Lipinski definition) is 0. The molecule has 0 aliphatic heterocycles. The topological polar surface area (TPSA) is 47.8 Å². The minimum absolute atomic E-state index is 0.0695. The fourth-order valence-corrected chi connectivity index (χ4v) is 1.87. The Bertz CT molecular complexity index is 749. The number of para-hydroxylation sites is 1. The average molecular weight is 237 g/mol. The Morgan fingerprint density at radius 1 is 1.06 bits per heavy atom. The van der Waals surface area contributed by atoms with Crippen LogP contribution in [0.1, 0.15) is 5.69 Å². The maximum atomic E-state index is 11.6. The van der Waals surface area contributed by atoms with Gasteiger partial charge in [0, 0.05) is 17.6 Å². The van der Waals surface area contributed by atoms with Crippen molar-refractivity contribution < 1.29 is 0 Å². The van der Waals surface area contributed by atoms with E-state index in [2.05, 4.69) is 9.97 Å². The number of pyridine rings is 1. The Balaban J connectivity index is 2.01. The Kier molecular flexibility index (Phi) is 2.61. The van der Waals surface area contributed by atoms with Crippen molar-refractivity contribution in [3.63, 3.8) is 0 Å². The summed E-state index contributed by atoms with van der Waals surface area (Å²) in [6.45, 7) is 0.442. The second kappa shape index (κ2) is 4.41. The summed E-state index contributed by atoms with van der Waals surface area (Å²) in [6.07, 6.45) is 3.02. The van der Waals surface area contributed by atoms with Gasteiger partial charge in [-0.15, -0.1) is 0 Å². The molecule has 0 bridgehead atoms. The highest BCUT2D eigenvalue weighted by Gasteiger charge is 2.00. The molecule has 3 aromatic rings. The standard InChI is InChI=1S/C14H11N3O/c18-14-7-8-15-10-17(14)9-12-6-5-11-3-1-2-4-13(11)16-12/h1-8,10H,9H2. The minimum atomic E-state index is -0.0695. The first kappa shape index (κ1) is 10.7. The lowest BCUT2D eigenvalue weighted by atomic mass is 10.2. The van der Waals surface area contributed by atoms with Crippen molar-refractivity contribution >= 4 is 10.9 Å². The highest BCUT2D eigenvalue weighted by Crippen LogP contribution is 2.11. The van der Waals surface area contributed by atoms with E-state index in [0.29, 0.717) is 6.54 Å². The molecule has 0 saturated carbocycles. The molecular weight excluding hydrogens is 226 g/mol. The van der Waals surface area contributed by atoms with E-state index in [-0.39, 0.29) is 5.56 Å². The molecule has 4 nitrogen and oxygen atoms in total. The van der Waals surface area contributed by atoms with E-state index >= 15 is 0 Å². The molecule has 4 heteroatoms.